The number of nitrogens with zero attached hydrogens (tertiary/aromatic N) is 2. The van der Waals surface area contributed by atoms with E-state index in [-0.39, 0.29) is 5.69 Å². The van der Waals surface area contributed by atoms with Crippen LogP contribution < -0.4 is 5.69 Å². The molecular formula is C9H15ClN2O. The minimum absolute atomic E-state index is 0.0759. The highest BCUT2D eigenvalue weighted by atomic mass is 35.5. The van der Waals surface area contributed by atoms with Gasteiger partial charge in [-0.3, -0.25) is 9.13 Å². The van der Waals surface area contributed by atoms with Crippen molar-refractivity contribution in [3.8, 4) is 0 Å². The fourth-order valence-corrected chi connectivity index (χ4v) is 1.38. The van der Waals surface area contributed by atoms with Crippen molar-refractivity contribution in [2.75, 3.05) is 5.88 Å². The molecule has 4 heteroatoms. The number of hydrogen-bond donors (Lipinski definition) is 0. The molecule has 0 N–H and O–H groups in total. The lowest BCUT2D eigenvalue weighted by Gasteiger charge is -1.98. The summed E-state index contributed by atoms with van der Waals surface area (Å²) in [6.07, 6.45) is 5.49. The summed E-state index contributed by atoms with van der Waals surface area (Å²) in [5, 5.41) is 0. The van der Waals surface area contributed by atoms with Crippen LogP contribution >= 0.6 is 11.6 Å². The third-order valence-electron chi connectivity index (χ3n) is 1.92. The zero-order valence-electron chi connectivity index (χ0n) is 7.87. The maximum Gasteiger partial charge on any atom is 0.328 e. The maximum absolute atomic E-state index is 11.5. The van der Waals surface area contributed by atoms with Crippen LogP contribution in [-0.2, 0) is 13.1 Å². The summed E-state index contributed by atoms with van der Waals surface area (Å²) in [5.74, 6) is 0.603. The van der Waals surface area contributed by atoms with E-state index in [1.807, 2.05) is 12.4 Å². The van der Waals surface area contributed by atoms with E-state index in [0.29, 0.717) is 5.88 Å². The molecule has 0 saturated carbocycles. The number of halogens is 1. The molecule has 0 aliphatic rings. The Labute approximate surface area is 82.9 Å². The first-order valence-electron chi connectivity index (χ1n) is 4.61. The molecule has 0 atom stereocenters. The Balaban J connectivity index is 2.69. The van der Waals surface area contributed by atoms with Gasteiger partial charge in [0.2, 0.25) is 0 Å². The molecule has 74 valence electrons. The van der Waals surface area contributed by atoms with Gasteiger partial charge in [0.1, 0.15) is 0 Å². The molecule has 0 fully saturated rings. The van der Waals surface area contributed by atoms with E-state index < -0.39 is 0 Å². The molecule has 3 nitrogen and oxygen atoms in total. The molecule has 1 aromatic rings. The molecule has 1 rings (SSSR count). The van der Waals surface area contributed by atoms with Gasteiger partial charge in [-0.05, 0) is 12.8 Å². The SMILES string of the molecule is CCCn1ccn(CCCCl)c1=O. The van der Waals surface area contributed by atoms with Crippen LogP contribution in [0.3, 0.4) is 0 Å². The standard InChI is InChI=1S/C9H15ClN2O/c1-2-5-11-7-8-12(9(11)13)6-3-4-10/h7-8H,2-6H2,1H3. The predicted octanol–water partition coefficient (Wildman–Crippen LogP) is 1.69. The number of rotatable bonds is 5. The molecule has 0 spiro atoms. The first-order valence-corrected chi connectivity index (χ1v) is 5.14. The van der Waals surface area contributed by atoms with Gasteiger partial charge in [-0.2, -0.15) is 0 Å². The first kappa shape index (κ1) is 10.4. The third kappa shape index (κ3) is 2.62. The van der Waals surface area contributed by atoms with Crippen molar-refractivity contribution in [2.45, 2.75) is 32.9 Å². The van der Waals surface area contributed by atoms with E-state index in [0.717, 1.165) is 25.9 Å². The Bertz CT molecular complexity index is 303. The molecular weight excluding hydrogens is 188 g/mol. The highest BCUT2D eigenvalue weighted by molar-refractivity contribution is 6.17. The van der Waals surface area contributed by atoms with Crippen molar-refractivity contribution >= 4 is 11.6 Å². The van der Waals surface area contributed by atoms with Crippen molar-refractivity contribution in [3.05, 3.63) is 22.9 Å². The molecule has 1 aromatic heterocycles. The maximum atomic E-state index is 11.5. The Kier molecular flexibility index (Phi) is 4.09. The number of imidazole rings is 1. The van der Waals surface area contributed by atoms with E-state index in [1.165, 1.54) is 0 Å². The summed E-state index contributed by atoms with van der Waals surface area (Å²) in [5.41, 5.74) is 0.0759. The smallest absolute Gasteiger partial charge is 0.299 e. The second kappa shape index (κ2) is 5.12. The number of alkyl halides is 1. The molecule has 0 amide bonds. The summed E-state index contributed by atoms with van der Waals surface area (Å²) in [6, 6.07) is 0. The molecule has 0 saturated heterocycles. The lowest BCUT2D eigenvalue weighted by Crippen LogP contribution is -2.24. The van der Waals surface area contributed by atoms with Gasteiger partial charge >= 0.3 is 5.69 Å². The second-order valence-electron chi connectivity index (χ2n) is 3.01. The quantitative estimate of drug-likeness (QED) is 0.668. The third-order valence-corrected chi connectivity index (χ3v) is 2.18. The molecule has 0 bridgehead atoms. The minimum Gasteiger partial charge on any atom is -0.299 e. The normalized spacial score (nSPS) is 10.6. The Hall–Kier alpha value is -0.700. The summed E-state index contributed by atoms with van der Waals surface area (Å²) in [7, 11) is 0. The second-order valence-corrected chi connectivity index (χ2v) is 3.39. The van der Waals surface area contributed by atoms with Crippen molar-refractivity contribution in [2.24, 2.45) is 0 Å². The predicted molar refractivity (Wildman–Crippen MR) is 54.3 cm³/mol. The molecule has 0 aliphatic heterocycles. The Morgan fingerprint density at radius 3 is 2.46 bits per heavy atom. The molecule has 13 heavy (non-hydrogen) atoms. The van der Waals surface area contributed by atoms with E-state index in [9.17, 15) is 4.79 Å². The molecule has 0 aliphatic carbocycles. The van der Waals surface area contributed by atoms with Gasteiger partial charge in [-0.15, -0.1) is 11.6 Å². The molecule has 0 unspecified atom stereocenters. The average Bonchev–Trinajstić information content (AvgIpc) is 2.46. The van der Waals surface area contributed by atoms with Crippen molar-refractivity contribution < 1.29 is 0 Å². The molecule has 1 heterocycles. The van der Waals surface area contributed by atoms with E-state index in [4.69, 9.17) is 11.6 Å². The fraction of sp³-hybridized carbons (Fsp3) is 0.667. The minimum atomic E-state index is 0.0759. The number of aryl methyl sites for hydroxylation is 2. The van der Waals surface area contributed by atoms with Gasteiger partial charge in [-0.1, -0.05) is 6.92 Å². The highest BCUT2D eigenvalue weighted by Crippen LogP contribution is 1.92. The van der Waals surface area contributed by atoms with Gasteiger partial charge in [0.25, 0.3) is 0 Å². The molecule has 0 aromatic carbocycles. The van der Waals surface area contributed by atoms with Gasteiger partial charge < -0.3 is 0 Å². The fourth-order valence-electron chi connectivity index (χ4n) is 1.26. The first-order chi connectivity index (χ1) is 6.29. The van der Waals surface area contributed by atoms with E-state index in [1.54, 1.807) is 9.13 Å². The van der Waals surface area contributed by atoms with Crippen LogP contribution in [0.4, 0.5) is 0 Å². The summed E-state index contributed by atoms with van der Waals surface area (Å²) >= 11 is 5.55. The zero-order valence-corrected chi connectivity index (χ0v) is 8.63. The Morgan fingerprint density at radius 1 is 1.31 bits per heavy atom. The van der Waals surface area contributed by atoms with Crippen LogP contribution in [-0.4, -0.2) is 15.0 Å². The van der Waals surface area contributed by atoms with Crippen molar-refractivity contribution in [1.82, 2.24) is 9.13 Å². The topological polar surface area (TPSA) is 26.9 Å². The van der Waals surface area contributed by atoms with Crippen LogP contribution in [0.15, 0.2) is 17.2 Å². The van der Waals surface area contributed by atoms with Crippen molar-refractivity contribution in [3.63, 3.8) is 0 Å². The van der Waals surface area contributed by atoms with Gasteiger partial charge in [0.15, 0.2) is 0 Å². The van der Waals surface area contributed by atoms with Gasteiger partial charge in [0, 0.05) is 31.4 Å². The van der Waals surface area contributed by atoms with Crippen LogP contribution in [0.5, 0.6) is 0 Å². The Morgan fingerprint density at radius 2 is 1.92 bits per heavy atom. The summed E-state index contributed by atoms with van der Waals surface area (Å²) in [4.78, 5) is 11.5. The highest BCUT2D eigenvalue weighted by Gasteiger charge is 2.00. The van der Waals surface area contributed by atoms with Crippen molar-refractivity contribution in [1.29, 1.82) is 0 Å². The van der Waals surface area contributed by atoms with E-state index >= 15 is 0 Å². The van der Waals surface area contributed by atoms with Gasteiger partial charge in [-0.25, -0.2) is 4.79 Å². The van der Waals surface area contributed by atoms with Crippen LogP contribution in [0.25, 0.3) is 0 Å². The largest absolute Gasteiger partial charge is 0.328 e. The van der Waals surface area contributed by atoms with Crippen LogP contribution in [0.1, 0.15) is 19.8 Å². The number of hydrogen-bond acceptors (Lipinski definition) is 1. The van der Waals surface area contributed by atoms with Crippen LogP contribution in [0, 0.1) is 0 Å². The molecule has 0 radical (unpaired) electrons. The monoisotopic (exact) mass is 202 g/mol. The zero-order chi connectivity index (χ0) is 9.68. The van der Waals surface area contributed by atoms with Crippen LogP contribution in [0.2, 0.25) is 0 Å². The number of aromatic nitrogens is 2. The summed E-state index contributed by atoms with van der Waals surface area (Å²) < 4.78 is 3.44. The lowest BCUT2D eigenvalue weighted by atomic mass is 10.5. The van der Waals surface area contributed by atoms with E-state index in [2.05, 4.69) is 6.92 Å². The summed E-state index contributed by atoms with van der Waals surface area (Å²) in [6.45, 7) is 3.58. The average molecular weight is 203 g/mol. The van der Waals surface area contributed by atoms with Gasteiger partial charge in [0.05, 0.1) is 0 Å². The lowest BCUT2D eigenvalue weighted by molar-refractivity contribution is 0.596.